The van der Waals surface area contributed by atoms with Gasteiger partial charge in [-0.25, -0.2) is 9.78 Å². The van der Waals surface area contributed by atoms with Crippen molar-refractivity contribution in [1.82, 2.24) is 9.88 Å². The Kier molecular flexibility index (Phi) is 6.46. The number of hydrogen-bond acceptors (Lipinski definition) is 6. The van der Waals surface area contributed by atoms with Crippen LogP contribution in [0.3, 0.4) is 0 Å². The molecule has 3 aliphatic rings. The van der Waals surface area contributed by atoms with Gasteiger partial charge >= 0.3 is 6.09 Å². The number of carbonyl (C=O) groups is 2. The number of carbonyl (C=O) groups excluding carboxylic acids is 1. The minimum atomic E-state index is -1.03. The van der Waals surface area contributed by atoms with Gasteiger partial charge in [-0.1, -0.05) is 0 Å². The second-order valence-corrected chi connectivity index (χ2v) is 9.26. The number of aromatic nitrogens is 1. The molecule has 2 saturated heterocycles. The first kappa shape index (κ1) is 22.6. The number of amides is 2. The van der Waals surface area contributed by atoms with E-state index in [1.165, 1.54) is 4.90 Å². The number of aliphatic hydroxyl groups is 1. The van der Waals surface area contributed by atoms with Crippen molar-refractivity contribution in [1.29, 1.82) is 0 Å². The molecule has 4 rings (SSSR count). The lowest BCUT2D eigenvalue weighted by molar-refractivity contribution is -0.139. The van der Waals surface area contributed by atoms with E-state index < -0.39 is 11.5 Å². The molecule has 0 bridgehead atoms. The minimum Gasteiger partial charge on any atom is -0.493 e. The van der Waals surface area contributed by atoms with E-state index in [2.05, 4.69) is 14.8 Å². The first-order valence-corrected chi connectivity index (χ1v) is 11.7. The van der Waals surface area contributed by atoms with Gasteiger partial charge in [0.2, 0.25) is 5.91 Å². The van der Waals surface area contributed by atoms with Gasteiger partial charge in [-0.2, -0.15) is 0 Å². The fourth-order valence-electron chi connectivity index (χ4n) is 5.65. The molecule has 2 N–H and O–H groups in total. The molecule has 9 heteroatoms. The zero-order valence-electron chi connectivity index (χ0n) is 19.0. The zero-order chi connectivity index (χ0) is 22.9. The Morgan fingerprint density at radius 2 is 2.03 bits per heavy atom. The van der Waals surface area contributed by atoms with Gasteiger partial charge in [0.25, 0.3) is 0 Å². The van der Waals surface area contributed by atoms with Crippen molar-refractivity contribution in [3.63, 3.8) is 0 Å². The first-order chi connectivity index (χ1) is 15.4. The van der Waals surface area contributed by atoms with Crippen molar-refractivity contribution in [3.05, 3.63) is 12.3 Å². The molecular weight excluding hydrogens is 412 g/mol. The number of pyridine rings is 1. The monoisotopic (exact) mass is 446 g/mol. The number of likely N-dealkylation sites (tertiary alicyclic amines) is 1. The van der Waals surface area contributed by atoms with E-state index in [1.54, 1.807) is 26.3 Å². The van der Waals surface area contributed by atoms with Gasteiger partial charge in [-0.15, -0.1) is 0 Å². The number of ether oxygens (including phenoxy) is 1. The zero-order valence-corrected chi connectivity index (χ0v) is 19.0. The lowest BCUT2D eigenvalue weighted by atomic mass is 9.78. The molecule has 1 atom stereocenters. The molecule has 0 radical (unpaired) electrons. The highest BCUT2D eigenvalue weighted by Crippen LogP contribution is 2.44. The summed E-state index contributed by atoms with van der Waals surface area (Å²) in [6, 6.07) is 1.95. The molecule has 3 fully saturated rings. The maximum atomic E-state index is 13.6. The van der Waals surface area contributed by atoms with Crippen molar-refractivity contribution in [2.45, 2.75) is 64.0 Å². The summed E-state index contributed by atoms with van der Waals surface area (Å²) in [6.07, 6.45) is 6.20. The number of carboxylic acid groups (broad SMARTS) is 1. The van der Waals surface area contributed by atoms with Gasteiger partial charge in [0.15, 0.2) is 11.6 Å². The average Bonchev–Trinajstić information content (AvgIpc) is 3.09. The molecule has 32 heavy (non-hydrogen) atoms. The predicted octanol–water partition coefficient (Wildman–Crippen LogP) is 2.72. The van der Waals surface area contributed by atoms with Crippen LogP contribution in [0.4, 0.5) is 16.3 Å². The molecule has 1 aliphatic carbocycles. The molecule has 2 aliphatic heterocycles. The molecule has 1 aromatic heterocycles. The Morgan fingerprint density at radius 1 is 1.28 bits per heavy atom. The number of nitrogens with zero attached hydrogens (tertiary/aromatic N) is 4. The van der Waals surface area contributed by atoms with Crippen LogP contribution >= 0.6 is 0 Å². The van der Waals surface area contributed by atoms with E-state index in [0.717, 1.165) is 58.0 Å². The molecule has 3 heterocycles. The molecule has 1 aromatic rings. The fourth-order valence-corrected chi connectivity index (χ4v) is 5.65. The number of aliphatic hydroxyl groups excluding tert-OH is 1. The van der Waals surface area contributed by atoms with Crippen LogP contribution in [0, 0.1) is 5.41 Å². The van der Waals surface area contributed by atoms with Crippen LogP contribution < -0.4 is 14.5 Å². The second-order valence-electron chi connectivity index (χ2n) is 9.26. The summed E-state index contributed by atoms with van der Waals surface area (Å²) in [7, 11) is 1.56. The molecule has 0 unspecified atom stereocenters. The maximum absolute atomic E-state index is 13.6. The number of piperidine rings is 1. The van der Waals surface area contributed by atoms with Crippen LogP contribution in [0.1, 0.15) is 51.9 Å². The van der Waals surface area contributed by atoms with Crippen molar-refractivity contribution >= 4 is 23.5 Å². The maximum Gasteiger partial charge on any atom is 0.411 e. The predicted molar refractivity (Wildman–Crippen MR) is 120 cm³/mol. The number of rotatable bonds is 5. The van der Waals surface area contributed by atoms with Gasteiger partial charge in [0.05, 0.1) is 30.5 Å². The topological polar surface area (TPSA) is 106 Å². The van der Waals surface area contributed by atoms with Crippen LogP contribution in [0.5, 0.6) is 5.75 Å². The molecule has 9 nitrogen and oxygen atoms in total. The van der Waals surface area contributed by atoms with Crippen molar-refractivity contribution < 1.29 is 24.5 Å². The van der Waals surface area contributed by atoms with E-state index >= 15 is 0 Å². The van der Waals surface area contributed by atoms with E-state index in [-0.39, 0.29) is 18.1 Å². The van der Waals surface area contributed by atoms with Gasteiger partial charge < -0.3 is 24.7 Å². The summed E-state index contributed by atoms with van der Waals surface area (Å²) in [5.41, 5.74) is 0.0610. The molecule has 1 spiro atoms. The average molecular weight is 447 g/mol. The summed E-state index contributed by atoms with van der Waals surface area (Å²) in [6.45, 7) is 4.24. The fraction of sp³-hybridized carbons (Fsp3) is 0.696. The normalized spacial score (nSPS) is 28.3. The molecular formula is C23H34N4O5. The minimum absolute atomic E-state index is 0.227. The highest BCUT2D eigenvalue weighted by Gasteiger charge is 2.51. The third kappa shape index (κ3) is 4.10. The highest BCUT2D eigenvalue weighted by molar-refractivity contribution is 5.87. The van der Waals surface area contributed by atoms with E-state index in [9.17, 15) is 19.8 Å². The summed E-state index contributed by atoms with van der Waals surface area (Å²) in [5.74, 6) is 1.41. The molecule has 1 saturated carbocycles. The number of hydrogen-bond donors (Lipinski definition) is 2. The third-order valence-electron chi connectivity index (χ3n) is 7.43. The molecule has 176 valence electrons. The highest BCUT2D eigenvalue weighted by atomic mass is 16.5. The standard InChI is InChI=1S/C23H34N4O5/c1-3-26(22(30)31)17-13-19(32-2)20(24-14-17)25-11-4-9-23(15-25)10-12-27(21(23)29)16-5-7-18(28)8-6-16/h13-14,16,18,28H,3-12,15H2,1-2H3,(H,30,31)/t16-,18+,23-/m0/s1. The van der Waals surface area contributed by atoms with Gasteiger partial charge in [0, 0.05) is 38.3 Å². The first-order valence-electron chi connectivity index (χ1n) is 11.7. The Bertz CT molecular complexity index is 857. The van der Waals surface area contributed by atoms with Crippen LogP contribution in [0.25, 0.3) is 0 Å². The van der Waals surface area contributed by atoms with E-state index in [4.69, 9.17) is 4.74 Å². The molecule has 0 aromatic carbocycles. The smallest absolute Gasteiger partial charge is 0.411 e. The molecule has 2 amide bonds. The van der Waals surface area contributed by atoms with Crippen molar-refractivity contribution in [2.24, 2.45) is 5.41 Å². The summed E-state index contributed by atoms with van der Waals surface area (Å²) in [4.78, 5) is 35.0. The summed E-state index contributed by atoms with van der Waals surface area (Å²) in [5, 5.41) is 19.2. The number of anilines is 2. The Labute approximate surface area is 189 Å². The van der Waals surface area contributed by atoms with Gasteiger partial charge in [-0.05, 0) is 51.9 Å². The van der Waals surface area contributed by atoms with Gasteiger partial charge in [0.1, 0.15) is 0 Å². The number of methoxy groups -OCH3 is 1. The quantitative estimate of drug-likeness (QED) is 0.716. The van der Waals surface area contributed by atoms with Crippen LogP contribution in [-0.2, 0) is 4.79 Å². The third-order valence-corrected chi connectivity index (χ3v) is 7.43. The van der Waals surface area contributed by atoms with Crippen molar-refractivity contribution in [3.8, 4) is 5.75 Å². The lowest BCUT2D eigenvalue weighted by Crippen LogP contribution is -2.50. The summed E-state index contributed by atoms with van der Waals surface area (Å²) >= 11 is 0. The van der Waals surface area contributed by atoms with E-state index in [0.29, 0.717) is 30.3 Å². The largest absolute Gasteiger partial charge is 0.493 e. The lowest BCUT2D eigenvalue weighted by Gasteiger charge is -2.41. The van der Waals surface area contributed by atoms with Crippen LogP contribution in [0.2, 0.25) is 0 Å². The van der Waals surface area contributed by atoms with Crippen LogP contribution in [0.15, 0.2) is 12.3 Å². The SMILES string of the molecule is CCN(C(=O)O)c1cnc(N2CCC[C@]3(CCN([C@H]4CC[C@@H](O)CC4)C3=O)C2)c(OC)c1. The summed E-state index contributed by atoms with van der Waals surface area (Å²) < 4.78 is 5.58. The van der Waals surface area contributed by atoms with Crippen LogP contribution in [-0.4, -0.2) is 77.5 Å². The second kappa shape index (κ2) is 9.13. The Balaban J connectivity index is 1.53. The van der Waals surface area contributed by atoms with E-state index in [1.807, 2.05) is 0 Å². The Hall–Kier alpha value is -2.55. The van der Waals surface area contributed by atoms with Crippen molar-refractivity contribution in [2.75, 3.05) is 43.1 Å². The van der Waals surface area contributed by atoms with Gasteiger partial charge in [-0.3, -0.25) is 9.69 Å². The Morgan fingerprint density at radius 3 is 2.69 bits per heavy atom.